The van der Waals surface area contributed by atoms with Crippen LogP contribution >= 0.6 is 0 Å². The van der Waals surface area contributed by atoms with E-state index in [2.05, 4.69) is 38.2 Å². The van der Waals surface area contributed by atoms with Crippen molar-refractivity contribution in [3.63, 3.8) is 0 Å². The van der Waals surface area contributed by atoms with Crippen LogP contribution in [0.15, 0.2) is 36.4 Å². The smallest absolute Gasteiger partial charge is 0.152 e. The molecule has 0 spiro atoms. The van der Waals surface area contributed by atoms with E-state index in [1.165, 1.54) is 11.6 Å². The van der Waals surface area contributed by atoms with Gasteiger partial charge >= 0.3 is 0 Å². The Labute approximate surface area is 202 Å². The maximum absolute atomic E-state index is 14.4. The second-order valence-electron chi connectivity index (χ2n) is 10.6. The lowest BCUT2D eigenvalue weighted by Gasteiger charge is -2.35. The van der Waals surface area contributed by atoms with Crippen LogP contribution in [0.25, 0.3) is 0 Å². The lowest BCUT2D eigenvalue weighted by Crippen LogP contribution is -2.54. The molecule has 3 rings (SSSR count). The number of hydrogen-bond donors (Lipinski definition) is 3. The predicted octanol–water partition coefficient (Wildman–Crippen LogP) is 3.60. The highest BCUT2D eigenvalue weighted by atomic mass is 32.2. The molecule has 0 amide bonds. The van der Waals surface area contributed by atoms with E-state index < -0.39 is 33.7 Å². The summed E-state index contributed by atoms with van der Waals surface area (Å²) in [6.07, 6.45) is -0.892. The summed E-state index contributed by atoms with van der Waals surface area (Å²) in [7, 11) is -3.39. The van der Waals surface area contributed by atoms with Crippen molar-refractivity contribution in [1.29, 1.82) is 0 Å². The lowest BCUT2D eigenvalue weighted by molar-refractivity contribution is 0.0780. The molecule has 1 saturated heterocycles. The molecule has 8 heteroatoms. The van der Waals surface area contributed by atoms with E-state index in [1.54, 1.807) is 6.07 Å². The number of anilines is 1. The number of hydrogen-bond acceptors (Lipinski definition) is 6. The highest BCUT2D eigenvalue weighted by Gasteiger charge is 2.39. The topological polar surface area (TPSA) is 102 Å². The van der Waals surface area contributed by atoms with E-state index in [0.717, 1.165) is 5.56 Å². The Morgan fingerprint density at radius 1 is 1.18 bits per heavy atom. The number of nitrogens with one attached hydrogen (secondary N) is 1. The van der Waals surface area contributed by atoms with Gasteiger partial charge in [0.2, 0.25) is 0 Å². The van der Waals surface area contributed by atoms with Gasteiger partial charge in [0.1, 0.15) is 17.3 Å². The maximum atomic E-state index is 14.4. The molecule has 4 N–H and O–H groups in total. The summed E-state index contributed by atoms with van der Waals surface area (Å²) in [6.45, 7) is 10.5. The van der Waals surface area contributed by atoms with Crippen molar-refractivity contribution in [3.8, 4) is 5.75 Å². The third-order valence-corrected chi connectivity index (χ3v) is 7.97. The molecule has 2 aromatic carbocycles. The van der Waals surface area contributed by atoms with Gasteiger partial charge in [0.25, 0.3) is 0 Å². The molecule has 3 atom stereocenters. The van der Waals surface area contributed by atoms with Gasteiger partial charge in [0.15, 0.2) is 9.84 Å². The molecule has 188 valence electrons. The van der Waals surface area contributed by atoms with Gasteiger partial charge in [-0.2, -0.15) is 0 Å². The average molecular weight is 493 g/mol. The lowest BCUT2D eigenvalue weighted by atomic mass is 9.86. The zero-order valence-corrected chi connectivity index (χ0v) is 21.5. The van der Waals surface area contributed by atoms with Gasteiger partial charge in [-0.25, -0.2) is 12.8 Å². The summed E-state index contributed by atoms with van der Waals surface area (Å²) in [5, 5.41) is 14.3. The number of nitrogen functional groups attached to an aromatic ring is 1. The summed E-state index contributed by atoms with van der Waals surface area (Å²) in [6, 6.07) is 10.4. The molecule has 0 bridgehead atoms. The number of aliphatic hydroxyl groups excluding tert-OH is 1. The number of benzene rings is 2. The average Bonchev–Trinajstić information content (AvgIpc) is 2.72. The van der Waals surface area contributed by atoms with Gasteiger partial charge < -0.3 is 20.9 Å². The van der Waals surface area contributed by atoms with E-state index in [-0.39, 0.29) is 40.9 Å². The fourth-order valence-corrected chi connectivity index (χ4v) is 6.33. The standard InChI is InChI=1S/C26H37FN2O4S/c1-16(2)33-23-12-18(11-21(27)24(23)28)9-19-14-34(31,32)15-22(25(19)30)29-13-17-7-6-8-20(10-17)26(3,4)5/h6-8,10-12,16,19,22,25,29-30H,9,13-15,28H2,1-5H3/t19-,22+,25+/m1/s1. The van der Waals surface area contributed by atoms with Gasteiger partial charge in [-0.05, 0) is 54.5 Å². The van der Waals surface area contributed by atoms with Crippen molar-refractivity contribution in [2.45, 2.75) is 71.2 Å². The SMILES string of the molecule is CC(C)Oc1cc(C[C@@H]2CS(=O)(=O)C[C@H](NCc3cccc(C(C)(C)C)c3)[C@H]2O)cc(F)c1N. The molecular formula is C26H37FN2O4S. The minimum Gasteiger partial charge on any atom is -0.489 e. The quantitative estimate of drug-likeness (QED) is 0.511. The third kappa shape index (κ3) is 6.71. The Hall–Kier alpha value is -2.16. The van der Waals surface area contributed by atoms with Gasteiger partial charge in [0, 0.05) is 18.5 Å². The molecular weight excluding hydrogens is 455 g/mol. The van der Waals surface area contributed by atoms with Crippen molar-refractivity contribution in [3.05, 3.63) is 58.9 Å². The second kappa shape index (κ2) is 10.2. The molecule has 1 aliphatic rings. The molecule has 0 unspecified atom stereocenters. The Balaban J connectivity index is 1.76. The van der Waals surface area contributed by atoms with Crippen molar-refractivity contribution < 1.29 is 22.7 Å². The van der Waals surface area contributed by atoms with E-state index in [4.69, 9.17) is 10.5 Å². The first-order valence-corrected chi connectivity index (χ1v) is 13.5. The Morgan fingerprint density at radius 3 is 2.53 bits per heavy atom. The molecule has 0 aliphatic carbocycles. The largest absolute Gasteiger partial charge is 0.489 e. The predicted molar refractivity (Wildman–Crippen MR) is 134 cm³/mol. The number of rotatable bonds is 7. The summed E-state index contributed by atoms with van der Waals surface area (Å²) in [4.78, 5) is 0. The number of ether oxygens (including phenoxy) is 1. The van der Waals surface area contributed by atoms with Crippen LogP contribution in [0.1, 0.15) is 51.3 Å². The minimum absolute atomic E-state index is 0.00128. The monoisotopic (exact) mass is 492 g/mol. The highest BCUT2D eigenvalue weighted by Crippen LogP contribution is 2.31. The number of aliphatic hydroxyl groups is 1. The number of nitrogens with two attached hydrogens (primary N) is 1. The van der Waals surface area contributed by atoms with Crippen molar-refractivity contribution >= 4 is 15.5 Å². The molecule has 0 aromatic heterocycles. The van der Waals surface area contributed by atoms with Crippen LogP contribution in [0, 0.1) is 11.7 Å². The van der Waals surface area contributed by atoms with E-state index >= 15 is 0 Å². The summed E-state index contributed by atoms with van der Waals surface area (Å²) in [5.74, 6) is -1.26. The van der Waals surface area contributed by atoms with Crippen LogP contribution in [0.2, 0.25) is 0 Å². The Bertz CT molecular complexity index is 1110. The summed E-state index contributed by atoms with van der Waals surface area (Å²) in [5.41, 5.74) is 8.48. The fourth-order valence-electron chi connectivity index (χ4n) is 4.37. The van der Waals surface area contributed by atoms with Gasteiger partial charge in [-0.3, -0.25) is 0 Å². The van der Waals surface area contributed by atoms with Gasteiger partial charge in [-0.15, -0.1) is 0 Å². The second-order valence-corrected chi connectivity index (χ2v) is 12.8. The molecule has 1 fully saturated rings. The summed E-state index contributed by atoms with van der Waals surface area (Å²) >= 11 is 0. The molecule has 0 saturated carbocycles. The normalized spacial score (nSPS) is 22.6. The van der Waals surface area contributed by atoms with E-state index in [1.807, 2.05) is 26.0 Å². The number of halogens is 1. The van der Waals surface area contributed by atoms with Crippen molar-refractivity contribution in [2.75, 3.05) is 17.2 Å². The molecule has 34 heavy (non-hydrogen) atoms. The van der Waals surface area contributed by atoms with Crippen LogP contribution in [-0.2, 0) is 28.2 Å². The van der Waals surface area contributed by atoms with Gasteiger partial charge in [0.05, 0.1) is 23.7 Å². The molecule has 2 aromatic rings. The van der Waals surface area contributed by atoms with Crippen LogP contribution < -0.4 is 15.8 Å². The van der Waals surface area contributed by atoms with E-state index in [9.17, 15) is 17.9 Å². The first-order chi connectivity index (χ1) is 15.7. The van der Waals surface area contributed by atoms with Crippen LogP contribution in [0.5, 0.6) is 5.75 Å². The van der Waals surface area contributed by atoms with Crippen LogP contribution in [0.4, 0.5) is 10.1 Å². The minimum atomic E-state index is -3.39. The third-order valence-electron chi connectivity index (χ3n) is 6.17. The highest BCUT2D eigenvalue weighted by molar-refractivity contribution is 7.91. The molecule has 0 radical (unpaired) electrons. The van der Waals surface area contributed by atoms with E-state index in [0.29, 0.717) is 12.1 Å². The summed E-state index contributed by atoms with van der Waals surface area (Å²) < 4.78 is 45.3. The van der Waals surface area contributed by atoms with Crippen molar-refractivity contribution in [2.24, 2.45) is 5.92 Å². The first-order valence-electron chi connectivity index (χ1n) is 11.7. The first kappa shape index (κ1) is 26.4. The zero-order valence-electron chi connectivity index (χ0n) is 20.6. The van der Waals surface area contributed by atoms with Gasteiger partial charge in [-0.1, -0.05) is 45.0 Å². The van der Waals surface area contributed by atoms with Crippen molar-refractivity contribution in [1.82, 2.24) is 5.32 Å². The molecule has 1 heterocycles. The van der Waals surface area contributed by atoms with Crippen LogP contribution in [0.3, 0.4) is 0 Å². The molecule has 1 aliphatic heterocycles. The zero-order chi connectivity index (χ0) is 25.3. The Morgan fingerprint density at radius 2 is 1.88 bits per heavy atom. The fraction of sp³-hybridized carbons (Fsp3) is 0.538. The Kier molecular flexibility index (Phi) is 7.95. The van der Waals surface area contributed by atoms with Crippen LogP contribution in [-0.4, -0.2) is 43.3 Å². The number of sulfone groups is 1. The maximum Gasteiger partial charge on any atom is 0.152 e. The molecule has 6 nitrogen and oxygen atoms in total.